The first-order chi connectivity index (χ1) is 7.56. The Hall–Kier alpha value is -0.940. The maximum Gasteiger partial charge on any atom is 0.241 e. The van der Waals surface area contributed by atoms with Crippen LogP contribution in [0.25, 0.3) is 0 Å². The van der Waals surface area contributed by atoms with Crippen molar-refractivity contribution in [3.05, 3.63) is 28.5 Å². The van der Waals surface area contributed by atoms with E-state index >= 15 is 0 Å². The Morgan fingerprint density at radius 3 is 2.88 bits per heavy atom. The zero-order valence-electron chi connectivity index (χ0n) is 8.97. The second kappa shape index (κ2) is 5.96. The number of hydrogen-bond donors (Lipinski definition) is 2. The summed E-state index contributed by atoms with van der Waals surface area (Å²) in [7, 11) is 0. The average molecular weight is 289 g/mol. The van der Waals surface area contributed by atoms with Crippen LogP contribution < -0.4 is 11.1 Å². The molecule has 0 radical (unpaired) electrons. The summed E-state index contributed by atoms with van der Waals surface area (Å²) >= 11 is 3.17. The lowest BCUT2D eigenvalue weighted by molar-refractivity contribution is -0.117. The summed E-state index contributed by atoms with van der Waals surface area (Å²) in [5, 5.41) is 2.48. The fourth-order valence-corrected chi connectivity index (χ4v) is 1.72. The predicted octanol–water partition coefficient (Wildman–Crippen LogP) is 2.65. The maximum absolute atomic E-state index is 13.4. The first-order valence-electron chi connectivity index (χ1n) is 5.06. The highest BCUT2D eigenvalue weighted by atomic mass is 79.9. The van der Waals surface area contributed by atoms with Crippen LogP contribution in [0.15, 0.2) is 22.7 Å². The summed E-state index contributed by atoms with van der Waals surface area (Å²) in [6.07, 6.45) is 1.39. The van der Waals surface area contributed by atoms with Crippen LogP contribution in [0.5, 0.6) is 0 Å². The van der Waals surface area contributed by atoms with Crippen molar-refractivity contribution in [1.82, 2.24) is 0 Å². The molecular formula is C11H14BrFN2O. The maximum atomic E-state index is 13.4. The molecule has 0 aliphatic rings. The van der Waals surface area contributed by atoms with Crippen molar-refractivity contribution in [2.75, 3.05) is 5.32 Å². The van der Waals surface area contributed by atoms with E-state index in [2.05, 4.69) is 21.2 Å². The third kappa shape index (κ3) is 3.28. The normalized spacial score (nSPS) is 12.2. The van der Waals surface area contributed by atoms with Crippen LogP contribution in [0.4, 0.5) is 10.1 Å². The van der Waals surface area contributed by atoms with Gasteiger partial charge in [-0.2, -0.15) is 0 Å². The number of rotatable bonds is 4. The van der Waals surface area contributed by atoms with Crippen molar-refractivity contribution >= 4 is 27.5 Å². The Morgan fingerprint density at radius 1 is 1.62 bits per heavy atom. The van der Waals surface area contributed by atoms with E-state index in [1.165, 1.54) is 6.07 Å². The molecule has 3 nitrogen and oxygen atoms in total. The molecule has 1 aromatic carbocycles. The number of hydrogen-bond acceptors (Lipinski definition) is 2. The summed E-state index contributed by atoms with van der Waals surface area (Å²) in [6.45, 7) is 1.94. The standard InChI is InChI=1S/C11H14BrFN2O/c1-2-4-9(14)11(16)15-10-7(12)5-3-6-8(10)13/h3,5-6,9H,2,4,14H2,1H3,(H,15,16)/t9-/m1/s1. The largest absolute Gasteiger partial charge is 0.321 e. The van der Waals surface area contributed by atoms with Gasteiger partial charge in [0.2, 0.25) is 5.91 Å². The fourth-order valence-electron chi connectivity index (χ4n) is 1.28. The smallest absolute Gasteiger partial charge is 0.241 e. The van der Waals surface area contributed by atoms with Crippen molar-refractivity contribution in [3.63, 3.8) is 0 Å². The van der Waals surface area contributed by atoms with Crippen LogP contribution >= 0.6 is 15.9 Å². The molecule has 5 heteroatoms. The third-order valence-corrected chi connectivity index (χ3v) is 2.81. The van der Waals surface area contributed by atoms with Crippen LogP contribution in [0.1, 0.15) is 19.8 Å². The topological polar surface area (TPSA) is 55.1 Å². The van der Waals surface area contributed by atoms with Crippen LogP contribution in [0.2, 0.25) is 0 Å². The molecule has 16 heavy (non-hydrogen) atoms. The molecule has 0 aliphatic heterocycles. The Morgan fingerprint density at radius 2 is 2.31 bits per heavy atom. The fraction of sp³-hybridized carbons (Fsp3) is 0.364. The number of anilines is 1. The van der Waals surface area contributed by atoms with Gasteiger partial charge in [0.05, 0.1) is 11.7 Å². The first kappa shape index (κ1) is 13.1. The molecule has 0 bridgehead atoms. The molecule has 0 heterocycles. The molecule has 0 aliphatic carbocycles. The summed E-state index contributed by atoms with van der Waals surface area (Å²) in [4.78, 5) is 11.6. The van der Waals surface area contributed by atoms with Crippen molar-refractivity contribution in [1.29, 1.82) is 0 Å². The van der Waals surface area contributed by atoms with Crippen LogP contribution in [0.3, 0.4) is 0 Å². The zero-order valence-corrected chi connectivity index (χ0v) is 10.6. The quantitative estimate of drug-likeness (QED) is 0.895. The van der Waals surface area contributed by atoms with Crippen molar-refractivity contribution in [2.45, 2.75) is 25.8 Å². The van der Waals surface area contributed by atoms with Crippen LogP contribution in [-0.4, -0.2) is 11.9 Å². The highest BCUT2D eigenvalue weighted by Gasteiger charge is 2.15. The predicted molar refractivity (Wildman–Crippen MR) is 65.6 cm³/mol. The van der Waals surface area contributed by atoms with Gasteiger partial charge in [0.25, 0.3) is 0 Å². The summed E-state index contributed by atoms with van der Waals surface area (Å²) in [6, 6.07) is 3.90. The molecule has 0 unspecified atom stereocenters. The molecular weight excluding hydrogens is 275 g/mol. The average Bonchev–Trinajstić information content (AvgIpc) is 2.23. The van der Waals surface area contributed by atoms with Crippen molar-refractivity contribution in [3.8, 4) is 0 Å². The second-order valence-corrected chi connectivity index (χ2v) is 4.34. The first-order valence-corrected chi connectivity index (χ1v) is 5.86. The number of carbonyl (C=O) groups is 1. The number of nitrogens with one attached hydrogen (secondary N) is 1. The molecule has 1 atom stereocenters. The highest BCUT2D eigenvalue weighted by molar-refractivity contribution is 9.10. The zero-order chi connectivity index (χ0) is 12.1. The number of para-hydroxylation sites is 1. The molecule has 0 spiro atoms. The van der Waals surface area contributed by atoms with Gasteiger partial charge in [-0.25, -0.2) is 4.39 Å². The number of carbonyl (C=O) groups excluding carboxylic acids is 1. The molecule has 1 rings (SSSR count). The third-order valence-electron chi connectivity index (χ3n) is 2.15. The van der Waals surface area contributed by atoms with E-state index in [0.29, 0.717) is 10.9 Å². The minimum atomic E-state index is -0.600. The van der Waals surface area contributed by atoms with E-state index in [9.17, 15) is 9.18 Å². The van der Waals surface area contributed by atoms with Crippen LogP contribution in [-0.2, 0) is 4.79 Å². The monoisotopic (exact) mass is 288 g/mol. The van der Waals surface area contributed by atoms with Gasteiger partial charge in [-0.05, 0) is 34.5 Å². The number of benzene rings is 1. The van der Waals surface area contributed by atoms with Gasteiger partial charge in [0.1, 0.15) is 5.82 Å². The molecule has 0 fully saturated rings. The van der Waals surface area contributed by atoms with Gasteiger partial charge >= 0.3 is 0 Å². The van der Waals surface area contributed by atoms with E-state index in [1.807, 2.05) is 6.92 Å². The summed E-state index contributed by atoms with van der Waals surface area (Å²) < 4.78 is 13.9. The van der Waals surface area contributed by atoms with Gasteiger partial charge in [-0.1, -0.05) is 19.4 Å². The van der Waals surface area contributed by atoms with Crippen LogP contribution in [0, 0.1) is 5.82 Å². The molecule has 0 aromatic heterocycles. The molecule has 0 saturated carbocycles. The SMILES string of the molecule is CCC[C@@H](N)C(=O)Nc1c(F)cccc1Br. The van der Waals surface area contributed by atoms with Gasteiger partial charge in [0.15, 0.2) is 0 Å². The molecule has 1 amide bonds. The minimum absolute atomic E-state index is 0.138. The molecule has 1 aromatic rings. The number of nitrogens with two attached hydrogens (primary N) is 1. The number of halogens is 2. The molecule has 88 valence electrons. The lowest BCUT2D eigenvalue weighted by Gasteiger charge is -2.12. The Labute approximate surface area is 102 Å². The Balaban J connectivity index is 2.77. The lowest BCUT2D eigenvalue weighted by atomic mass is 10.1. The van der Waals surface area contributed by atoms with E-state index in [0.717, 1.165) is 6.42 Å². The molecule has 0 saturated heterocycles. The van der Waals surface area contributed by atoms with E-state index in [4.69, 9.17) is 5.73 Å². The molecule has 3 N–H and O–H groups in total. The summed E-state index contributed by atoms with van der Waals surface area (Å²) in [5.41, 5.74) is 5.76. The lowest BCUT2D eigenvalue weighted by Crippen LogP contribution is -2.35. The van der Waals surface area contributed by atoms with Gasteiger partial charge < -0.3 is 11.1 Å². The highest BCUT2D eigenvalue weighted by Crippen LogP contribution is 2.25. The minimum Gasteiger partial charge on any atom is -0.321 e. The van der Waals surface area contributed by atoms with Crippen molar-refractivity contribution < 1.29 is 9.18 Å². The van der Waals surface area contributed by atoms with Crippen molar-refractivity contribution in [2.24, 2.45) is 5.73 Å². The van der Waals surface area contributed by atoms with E-state index in [-0.39, 0.29) is 11.6 Å². The van der Waals surface area contributed by atoms with Gasteiger partial charge in [-0.3, -0.25) is 4.79 Å². The van der Waals surface area contributed by atoms with Gasteiger partial charge in [-0.15, -0.1) is 0 Å². The van der Waals surface area contributed by atoms with E-state index in [1.54, 1.807) is 12.1 Å². The second-order valence-electron chi connectivity index (χ2n) is 3.48. The Kier molecular flexibility index (Phi) is 4.89. The summed E-state index contributed by atoms with van der Waals surface area (Å²) in [5.74, 6) is -0.848. The number of amides is 1. The van der Waals surface area contributed by atoms with Gasteiger partial charge in [0, 0.05) is 4.47 Å². The Bertz CT molecular complexity index is 364. The van der Waals surface area contributed by atoms with E-state index < -0.39 is 11.9 Å².